The maximum absolute atomic E-state index is 12.5. The molecule has 5 heteroatoms. The molecule has 3 aliphatic rings. The van der Waals surface area contributed by atoms with Crippen LogP contribution in [0.1, 0.15) is 42.7 Å². The van der Waals surface area contributed by atoms with Crippen LogP contribution < -0.4 is 0 Å². The summed E-state index contributed by atoms with van der Waals surface area (Å²) in [4.78, 5) is 28.7. The highest BCUT2D eigenvalue weighted by molar-refractivity contribution is 5.92. The lowest BCUT2D eigenvalue weighted by Gasteiger charge is -2.39. The summed E-state index contributed by atoms with van der Waals surface area (Å²) in [6, 6.07) is 3.83. The van der Waals surface area contributed by atoms with Crippen LogP contribution in [0.3, 0.4) is 0 Å². The number of carbonyl (C=O) groups is 2. The fourth-order valence-corrected chi connectivity index (χ4v) is 3.76. The molecule has 1 aromatic heterocycles. The van der Waals surface area contributed by atoms with E-state index in [1.165, 1.54) is 19.1 Å². The van der Waals surface area contributed by atoms with Crippen molar-refractivity contribution in [1.82, 2.24) is 9.80 Å². The molecule has 1 aliphatic carbocycles. The van der Waals surface area contributed by atoms with Crippen molar-refractivity contribution in [2.75, 3.05) is 13.1 Å². The first-order valence-corrected chi connectivity index (χ1v) is 7.88. The number of piperidine rings is 1. The minimum absolute atomic E-state index is 0.0341. The standard InChI is InChI=1S/C16H20N2O3/c19-15-6-5-12-13(18(15)10-11-3-4-11)7-8-17(12)16(20)14-2-1-9-21-14/h1-2,9,11-13H,3-8,10H2/t12-,13-/m0/s1. The molecular formula is C16H20N2O3. The molecule has 3 fully saturated rings. The predicted molar refractivity (Wildman–Crippen MR) is 75.6 cm³/mol. The van der Waals surface area contributed by atoms with E-state index in [0.29, 0.717) is 18.1 Å². The van der Waals surface area contributed by atoms with Crippen LogP contribution in [-0.4, -0.2) is 46.8 Å². The van der Waals surface area contributed by atoms with Crippen molar-refractivity contribution in [3.63, 3.8) is 0 Å². The molecule has 5 nitrogen and oxygen atoms in total. The van der Waals surface area contributed by atoms with E-state index in [0.717, 1.165) is 25.9 Å². The number of nitrogens with zero attached hydrogens (tertiary/aromatic N) is 2. The van der Waals surface area contributed by atoms with E-state index in [2.05, 4.69) is 4.90 Å². The molecule has 3 heterocycles. The highest BCUT2D eigenvalue weighted by Crippen LogP contribution is 2.37. The molecule has 0 spiro atoms. The van der Waals surface area contributed by atoms with Gasteiger partial charge in [0.1, 0.15) is 0 Å². The predicted octanol–water partition coefficient (Wildman–Crippen LogP) is 1.90. The Kier molecular flexibility index (Phi) is 3.01. The second kappa shape index (κ2) is 4.90. The number of amides is 2. The Morgan fingerprint density at radius 1 is 1.24 bits per heavy atom. The summed E-state index contributed by atoms with van der Waals surface area (Å²) in [5, 5.41) is 0. The Morgan fingerprint density at radius 3 is 2.81 bits per heavy atom. The summed E-state index contributed by atoms with van der Waals surface area (Å²) >= 11 is 0. The van der Waals surface area contributed by atoms with E-state index < -0.39 is 0 Å². The lowest BCUT2D eigenvalue weighted by atomic mass is 9.95. The Bertz CT molecular complexity index is 550. The molecule has 112 valence electrons. The van der Waals surface area contributed by atoms with Gasteiger partial charge in [-0.3, -0.25) is 9.59 Å². The van der Waals surface area contributed by atoms with Crippen LogP contribution in [0.2, 0.25) is 0 Å². The van der Waals surface area contributed by atoms with Gasteiger partial charge in [0, 0.05) is 19.5 Å². The molecule has 4 rings (SSSR count). The number of carbonyl (C=O) groups excluding carboxylic acids is 2. The Hall–Kier alpha value is -1.78. The van der Waals surface area contributed by atoms with Crippen LogP contribution in [-0.2, 0) is 4.79 Å². The van der Waals surface area contributed by atoms with E-state index in [-0.39, 0.29) is 23.9 Å². The van der Waals surface area contributed by atoms with Gasteiger partial charge in [-0.2, -0.15) is 0 Å². The van der Waals surface area contributed by atoms with Crippen LogP contribution in [0.4, 0.5) is 0 Å². The first-order chi connectivity index (χ1) is 10.2. The molecule has 0 bridgehead atoms. The second-order valence-electron chi connectivity index (χ2n) is 6.43. The minimum Gasteiger partial charge on any atom is -0.459 e. The molecule has 0 radical (unpaired) electrons. The maximum atomic E-state index is 12.5. The van der Waals surface area contributed by atoms with Crippen LogP contribution in [0, 0.1) is 5.92 Å². The van der Waals surface area contributed by atoms with Crippen LogP contribution in [0.5, 0.6) is 0 Å². The summed E-state index contributed by atoms with van der Waals surface area (Å²) in [6.07, 6.45) is 6.28. The molecule has 0 unspecified atom stereocenters. The van der Waals surface area contributed by atoms with Gasteiger partial charge in [-0.1, -0.05) is 0 Å². The molecule has 1 aromatic rings. The molecule has 2 saturated heterocycles. The molecule has 0 aromatic carbocycles. The molecule has 1 saturated carbocycles. The molecular weight excluding hydrogens is 268 g/mol. The van der Waals surface area contributed by atoms with Gasteiger partial charge in [0.15, 0.2) is 5.76 Å². The summed E-state index contributed by atoms with van der Waals surface area (Å²) < 4.78 is 5.24. The SMILES string of the molecule is O=C1CC[C@H]2[C@H](CCN2C(=O)c2ccco2)N1CC1CC1. The van der Waals surface area contributed by atoms with Gasteiger partial charge in [0.25, 0.3) is 5.91 Å². The fourth-order valence-electron chi connectivity index (χ4n) is 3.76. The van der Waals surface area contributed by atoms with Crippen molar-refractivity contribution in [3.05, 3.63) is 24.2 Å². The number of furan rings is 1. The zero-order valence-electron chi connectivity index (χ0n) is 12.0. The number of hydrogen-bond donors (Lipinski definition) is 0. The van der Waals surface area contributed by atoms with Crippen molar-refractivity contribution in [2.24, 2.45) is 5.92 Å². The zero-order valence-corrected chi connectivity index (χ0v) is 12.0. The second-order valence-corrected chi connectivity index (χ2v) is 6.43. The first kappa shape index (κ1) is 12.9. The topological polar surface area (TPSA) is 53.8 Å². The zero-order chi connectivity index (χ0) is 14.4. The smallest absolute Gasteiger partial charge is 0.289 e. The van der Waals surface area contributed by atoms with Crippen molar-refractivity contribution in [2.45, 2.75) is 44.2 Å². The van der Waals surface area contributed by atoms with Gasteiger partial charge >= 0.3 is 0 Å². The third kappa shape index (κ3) is 2.24. The third-order valence-electron chi connectivity index (χ3n) is 5.03. The van der Waals surface area contributed by atoms with Gasteiger partial charge in [-0.05, 0) is 43.7 Å². The molecule has 2 aliphatic heterocycles. The van der Waals surface area contributed by atoms with Gasteiger partial charge in [-0.15, -0.1) is 0 Å². The number of rotatable bonds is 3. The van der Waals surface area contributed by atoms with Crippen molar-refractivity contribution in [3.8, 4) is 0 Å². The Morgan fingerprint density at radius 2 is 2.10 bits per heavy atom. The first-order valence-electron chi connectivity index (χ1n) is 7.88. The summed E-state index contributed by atoms with van der Waals surface area (Å²) in [5.74, 6) is 1.34. The summed E-state index contributed by atoms with van der Waals surface area (Å²) in [7, 11) is 0. The van der Waals surface area contributed by atoms with Crippen LogP contribution in [0.25, 0.3) is 0 Å². The van der Waals surface area contributed by atoms with Gasteiger partial charge in [-0.25, -0.2) is 0 Å². The highest BCUT2D eigenvalue weighted by atomic mass is 16.3. The van der Waals surface area contributed by atoms with Gasteiger partial charge < -0.3 is 14.2 Å². The number of fused-ring (bicyclic) bond motifs is 1. The molecule has 2 amide bonds. The van der Waals surface area contributed by atoms with Crippen molar-refractivity contribution >= 4 is 11.8 Å². The van der Waals surface area contributed by atoms with E-state index in [1.807, 2.05) is 4.90 Å². The molecule has 0 N–H and O–H groups in total. The average Bonchev–Trinajstić information content (AvgIpc) is 3.00. The summed E-state index contributed by atoms with van der Waals surface area (Å²) in [5.41, 5.74) is 0. The lowest BCUT2D eigenvalue weighted by molar-refractivity contribution is -0.137. The monoisotopic (exact) mass is 288 g/mol. The normalized spacial score (nSPS) is 28.9. The third-order valence-corrected chi connectivity index (χ3v) is 5.03. The van der Waals surface area contributed by atoms with Gasteiger partial charge in [0.2, 0.25) is 5.91 Å². The Balaban J connectivity index is 1.52. The maximum Gasteiger partial charge on any atom is 0.289 e. The number of likely N-dealkylation sites (tertiary alicyclic amines) is 2. The number of hydrogen-bond acceptors (Lipinski definition) is 3. The van der Waals surface area contributed by atoms with E-state index in [1.54, 1.807) is 12.1 Å². The quantitative estimate of drug-likeness (QED) is 0.853. The van der Waals surface area contributed by atoms with Crippen molar-refractivity contribution in [1.29, 1.82) is 0 Å². The molecule has 2 atom stereocenters. The Labute approximate surface area is 123 Å². The fraction of sp³-hybridized carbons (Fsp3) is 0.625. The highest BCUT2D eigenvalue weighted by Gasteiger charge is 2.46. The lowest BCUT2D eigenvalue weighted by Crippen LogP contribution is -2.53. The van der Waals surface area contributed by atoms with Crippen LogP contribution in [0.15, 0.2) is 22.8 Å². The van der Waals surface area contributed by atoms with Crippen LogP contribution >= 0.6 is 0 Å². The summed E-state index contributed by atoms with van der Waals surface area (Å²) in [6.45, 7) is 1.62. The van der Waals surface area contributed by atoms with Gasteiger partial charge in [0.05, 0.1) is 18.3 Å². The van der Waals surface area contributed by atoms with Crippen molar-refractivity contribution < 1.29 is 14.0 Å². The molecule has 21 heavy (non-hydrogen) atoms. The minimum atomic E-state index is -0.0341. The average molecular weight is 288 g/mol. The van der Waals surface area contributed by atoms with E-state index >= 15 is 0 Å². The van der Waals surface area contributed by atoms with E-state index in [9.17, 15) is 9.59 Å². The largest absolute Gasteiger partial charge is 0.459 e. The van der Waals surface area contributed by atoms with E-state index in [4.69, 9.17) is 4.42 Å².